The summed E-state index contributed by atoms with van der Waals surface area (Å²) in [5, 5.41) is 3.41. The van der Waals surface area contributed by atoms with Gasteiger partial charge < -0.3 is 10.1 Å². The lowest BCUT2D eigenvalue weighted by Crippen LogP contribution is -2.18. The summed E-state index contributed by atoms with van der Waals surface area (Å²) in [5.74, 6) is 1.63. The minimum Gasteiger partial charge on any atom is -0.378 e. The Hall–Kier alpha value is -2.79. The zero-order chi connectivity index (χ0) is 19.3. The first-order chi connectivity index (χ1) is 13.0. The molecule has 5 nitrogen and oxygen atoms in total. The molecule has 0 spiro atoms. The Morgan fingerprint density at radius 1 is 1.00 bits per heavy atom. The first-order valence-corrected chi connectivity index (χ1v) is 9.06. The maximum atomic E-state index is 5.25. The number of nitrogens with one attached hydrogen (secondary N) is 1. The summed E-state index contributed by atoms with van der Waals surface area (Å²) in [4.78, 5) is 13.5. The van der Waals surface area contributed by atoms with Crippen molar-refractivity contribution in [2.45, 2.75) is 39.3 Å². The van der Waals surface area contributed by atoms with Gasteiger partial charge in [-0.2, -0.15) is 0 Å². The molecule has 0 aliphatic heterocycles. The van der Waals surface area contributed by atoms with E-state index in [1.54, 1.807) is 13.3 Å². The molecule has 0 fully saturated rings. The number of benzene rings is 1. The van der Waals surface area contributed by atoms with E-state index in [4.69, 9.17) is 4.74 Å². The highest BCUT2D eigenvalue weighted by atomic mass is 16.5. The zero-order valence-electron chi connectivity index (χ0n) is 16.4. The molecule has 27 heavy (non-hydrogen) atoms. The molecule has 0 radical (unpaired) electrons. The Bertz CT molecular complexity index is 871. The van der Waals surface area contributed by atoms with Gasteiger partial charge in [0.2, 0.25) is 0 Å². The Labute approximate surface area is 160 Å². The van der Waals surface area contributed by atoms with Crippen LogP contribution in [0.2, 0.25) is 0 Å². The quantitative estimate of drug-likeness (QED) is 0.695. The summed E-state index contributed by atoms with van der Waals surface area (Å²) in [6.45, 7) is 7.50. The van der Waals surface area contributed by atoms with E-state index in [0.29, 0.717) is 13.2 Å². The predicted octanol–water partition coefficient (Wildman–Crippen LogP) is 4.59. The Morgan fingerprint density at radius 3 is 2.41 bits per heavy atom. The summed E-state index contributed by atoms with van der Waals surface area (Å²) in [6.07, 6.45) is 3.66. The monoisotopic (exact) mass is 362 g/mol. The molecule has 3 aromatic rings. The van der Waals surface area contributed by atoms with Gasteiger partial charge in [0, 0.05) is 37.5 Å². The van der Waals surface area contributed by atoms with Crippen LogP contribution in [0.5, 0.6) is 0 Å². The fraction of sp³-hybridized carbons (Fsp3) is 0.318. The highest BCUT2D eigenvalue weighted by Gasteiger charge is 2.19. The van der Waals surface area contributed by atoms with Crippen molar-refractivity contribution in [3.63, 3.8) is 0 Å². The zero-order valence-corrected chi connectivity index (χ0v) is 16.4. The largest absolute Gasteiger partial charge is 0.378 e. The molecular weight excluding hydrogens is 336 g/mol. The fourth-order valence-electron chi connectivity index (χ4n) is 2.69. The highest BCUT2D eigenvalue weighted by molar-refractivity contribution is 5.62. The minimum absolute atomic E-state index is 0.119. The number of rotatable bonds is 6. The molecule has 0 aliphatic carbocycles. The lowest BCUT2D eigenvalue weighted by atomic mass is 9.95. The Morgan fingerprint density at radius 2 is 1.78 bits per heavy atom. The van der Waals surface area contributed by atoms with E-state index in [9.17, 15) is 0 Å². The van der Waals surface area contributed by atoms with Crippen LogP contribution in [0.15, 0.2) is 54.9 Å². The lowest BCUT2D eigenvalue weighted by Gasteiger charge is -2.19. The highest BCUT2D eigenvalue weighted by Crippen LogP contribution is 2.22. The van der Waals surface area contributed by atoms with Crippen LogP contribution in [-0.2, 0) is 23.3 Å². The van der Waals surface area contributed by atoms with Crippen LogP contribution in [0.4, 0.5) is 5.82 Å². The molecule has 0 atom stereocenters. The molecule has 0 unspecified atom stereocenters. The van der Waals surface area contributed by atoms with E-state index in [0.717, 1.165) is 28.5 Å². The van der Waals surface area contributed by atoms with E-state index in [-0.39, 0.29) is 5.41 Å². The van der Waals surface area contributed by atoms with E-state index in [2.05, 4.69) is 71.4 Å². The van der Waals surface area contributed by atoms with Gasteiger partial charge in [-0.1, -0.05) is 51.1 Å². The number of aromatic nitrogens is 3. The number of hydrogen-bond donors (Lipinski definition) is 1. The molecular formula is C22H26N4O. The molecule has 1 N–H and O–H groups in total. The molecule has 5 heteroatoms. The van der Waals surface area contributed by atoms with Gasteiger partial charge in [0.25, 0.3) is 0 Å². The molecule has 140 valence electrons. The second kappa shape index (κ2) is 8.27. The first-order valence-electron chi connectivity index (χ1n) is 9.06. The number of hydrogen-bond acceptors (Lipinski definition) is 5. The van der Waals surface area contributed by atoms with E-state index < -0.39 is 0 Å². The van der Waals surface area contributed by atoms with Crippen molar-refractivity contribution in [3.05, 3.63) is 71.9 Å². The second-order valence-electron chi connectivity index (χ2n) is 7.54. The first kappa shape index (κ1) is 19.0. The molecule has 0 saturated carbocycles. The number of methoxy groups -OCH3 is 1. The summed E-state index contributed by atoms with van der Waals surface area (Å²) in [7, 11) is 1.68. The van der Waals surface area contributed by atoms with Crippen LogP contribution >= 0.6 is 0 Å². The number of nitrogens with zero attached hydrogens (tertiary/aromatic N) is 3. The third kappa shape index (κ3) is 5.11. The van der Waals surface area contributed by atoms with Gasteiger partial charge >= 0.3 is 0 Å². The van der Waals surface area contributed by atoms with Crippen LogP contribution < -0.4 is 5.32 Å². The van der Waals surface area contributed by atoms with Crippen molar-refractivity contribution in [1.82, 2.24) is 15.0 Å². The Balaban J connectivity index is 1.73. The molecule has 0 aliphatic rings. The van der Waals surface area contributed by atoms with Crippen molar-refractivity contribution >= 4 is 5.82 Å². The minimum atomic E-state index is -0.119. The maximum absolute atomic E-state index is 5.25. The predicted molar refractivity (Wildman–Crippen MR) is 108 cm³/mol. The maximum Gasteiger partial charge on any atom is 0.136 e. The standard InChI is InChI=1S/C22H26N4O/c1-22(2,3)21-25-19(15-27-4)12-20(26-21)24-13-16-7-9-17(10-8-16)18-6-5-11-23-14-18/h5-12,14H,13,15H2,1-4H3,(H,24,25,26). The van der Waals surface area contributed by atoms with Gasteiger partial charge in [-0.25, -0.2) is 9.97 Å². The topological polar surface area (TPSA) is 59.9 Å². The molecule has 2 aromatic heterocycles. The van der Waals surface area contributed by atoms with Gasteiger partial charge in [-0.3, -0.25) is 4.98 Å². The third-order valence-electron chi connectivity index (χ3n) is 4.16. The van der Waals surface area contributed by atoms with Crippen LogP contribution in [0.25, 0.3) is 11.1 Å². The number of pyridine rings is 1. The van der Waals surface area contributed by atoms with Gasteiger partial charge in [0.05, 0.1) is 12.3 Å². The molecule has 0 saturated heterocycles. The van der Waals surface area contributed by atoms with Crippen molar-refractivity contribution in [2.75, 3.05) is 12.4 Å². The van der Waals surface area contributed by atoms with Crippen molar-refractivity contribution in [2.24, 2.45) is 0 Å². The number of anilines is 1. The van der Waals surface area contributed by atoms with Gasteiger partial charge in [-0.05, 0) is 22.8 Å². The van der Waals surface area contributed by atoms with Crippen molar-refractivity contribution < 1.29 is 4.74 Å². The van der Waals surface area contributed by atoms with Gasteiger partial charge in [0.15, 0.2) is 0 Å². The third-order valence-corrected chi connectivity index (χ3v) is 4.16. The number of ether oxygens (including phenoxy) is 1. The average Bonchev–Trinajstić information content (AvgIpc) is 2.67. The summed E-state index contributed by atoms with van der Waals surface area (Å²) >= 11 is 0. The van der Waals surface area contributed by atoms with Crippen LogP contribution in [-0.4, -0.2) is 22.1 Å². The molecule has 3 rings (SSSR count). The van der Waals surface area contributed by atoms with Gasteiger partial charge in [0.1, 0.15) is 11.6 Å². The smallest absolute Gasteiger partial charge is 0.136 e. The second-order valence-corrected chi connectivity index (χ2v) is 7.54. The SMILES string of the molecule is COCc1cc(NCc2ccc(-c3cccnc3)cc2)nc(C(C)(C)C)n1. The molecule has 2 heterocycles. The van der Waals surface area contributed by atoms with E-state index >= 15 is 0 Å². The Kier molecular flexibility index (Phi) is 5.81. The van der Waals surface area contributed by atoms with Crippen molar-refractivity contribution in [1.29, 1.82) is 0 Å². The van der Waals surface area contributed by atoms with Crippen LogP contribution in [0.1, 0.15) is 37.9 Å². The molecule has 1 aromatic carbocycles. The van der Waals surface area contributed by atoms with Crippen LogP contribution in [0, 0.1) is 0 Å². The molecule has 0 amide bonds. The lowest BCUT2D eigenvalue weighted by molar-refractivity contribution is 0.181. The van der Waals surface area contributed by atoms with E-state index in [1.807, 2.05) is 18.3 Å². The molecule has 0 bridgehead atoms. The van der Waals surface area contributed by atoms with Gasteiger partial charge in [-0.15, -0.1) is 0 Å². The summed E-state index contributed by atoms with van der Waals surface area (Å²) < 4.78 is 5.25. The summed E-state index contributed by atoms with van der Waals surface area (Å²) in [6, 6.07) is 14.4. The van der Waals surface area contributed by atoms with Crippen LogP contribution in [0.3, 0.4) is 0 Å². The fourth-order valence-corrected chi connectivity index (χ4v) is 2.69. The normalized spacial score (nSPS) is 11.4. The average molecular weight is 362 g/mol. The van der Waals surface area contributed by atoms with Crippen molar-refractivity contribution in [3.8, 4) is 11.1 Å². The van der Waals surface area contributed by atoms with E-state index in [1.165, 1.54) is 5.56 Å². The summed E-state index contributed by atoms with van der Waals surface area (Å²) in [5.41, 5.74) is 4.22.